The van der Waals surface area contributed by atoms with E-state index >= 15 is 0 Å². The molecule has 0 radical (unpaired) electrons. The minimum atomic E-state index is -1.14. The summed E-state index contributed by atoms with van der Waals surface area (Å²) in [7, 11) is 0. The Balaban J connectivity index is 2.53. The molecule has 1 rings (SSSR count). The number of halogens is 1. The first-order chi connectivity index (χ1) is 5.70. The Hall–Kier alpha value is 0.499. The Morgan fingerprint density at radius 2 is 1.83 bits per heavy atom. The number of hydrogen-bond acceptors (Lipinski definition) is 0. The van der Waals surface area contributed by atoms with E-state index in [1.54, 1.807) is 0 Å². The molecule has 0 amide bonds. The fourth-order valence-corrected chi connectivity index (χ4v) is 3.57. The summed E-state index contributed by atoms with van der Waals surface area (Å²) in [4.78, 5) is 4.90. The van der Waals surface area contributed by atoms with Gasteiger partial charge in [0.25, 0.3) is 0 Å². The van der Waals surface area contributed by atoms with Crippen molar-refractivity contribution in [3.05, 3.63) is 35.9 Å². The van der Waals surface area contributed by atoms with Gasteiger partial charge in [-0.05, 0) is 0 Å². The standard InChI is InChI=1S/C8H8Br.2CH3.Sn.H/c9-7-6-8-4-2-1-3-5-8;;;;/h1-5,7H,6H2;2*1H3;;. The van der Waals surface area contributed by atoms with Crippen molar-refractivity contribution in [1.29, 1.82) is 0 Å². The van der Waals surface area contributed by atoms with Crippen LogP contribution in [-0.4, -0.2) is 22.6 Å². The first kappa shape index (κ1) is 10.6. The van der Waals surface area contributed by atoms with E-state index in [9.17, 15) is 0 Å². The van der Waals surface area contributed by atoms with Gasteiger partial charge in [0.05, 0.1) is 0 Å². The average molecular weight is 334 g/mol. The van der Waals surface area contributed by atoms with Crippen LogP contribution in [0.5, 0.6) is 0 Å². The molecule has 0 nitrogen and oxygen atoms in total. The summed E-state index contributed by atoms with van der Waals surface area (Å²) in [5.41, 5.74) is 1.46. The molecule has 2 heteroatoms. The third-order valence-corrected chi connectivity index (χ3v) is 14.2. The van der Waals surface area contributed by atoms with Crippen LogP contribution in [0.2, 0.25) is 9.88 Å². The van der Waals surface area contributed by atoms with E-state index in [1.165, 1.54) is 12.0 Å². The Morgan fingerprint density at radius 1 is 1.25 bits per heavy atom. The molecule has 66 valence electrons. The summed E-state index contributed by atoms with van der Waals surface area (Å²) in [5.74, 6) is 0. The van der Waals surface area contributed by atoms with Gasteiger partial charge in [-0.1, -0.05) is 0 Å². The molecule has 0 fully saturated rings. The Bertz CT molecular complexity index is 221. The van der Waals surface area contributed by atoms with Crippen LogP contribution in [0.4, 0.5) is 0 Å². The van der Waals surface area contributed by atoms with Crippen LogP contribution in [0, 0.1) is 0 Å². The zero-order chi connectivity index (χ0) is 8.97. The fraction of sp³-hybridized carbons (Fsp3) is 0.400. The van der Waals surface area contributed by atoms with Gasteiger partial charge in [-0.25, -0.2) is 0 Å². The maximum absolute atomic E-state index is 3.77. The average Bonchev–Trinajstić information content (AvgIpc) is 2.06. The van der Waals surface area contributed by atoms with Crippen LogP contribution in [0.1, 0.15) is 5.56 Å². The van der Waals surface area contributed by atoms with E-state index in [0.29, 0.717) is 0 Å². The zero-order valence-corrected chi connectivity index (χ0v) is 12.5. The summed E-state index contributed by atoms with van der Waals surface area (Å²) < 4.78 is 0.807. The molecule has 0 aliphatic heterocycles. The van der Waals surface area contributed by atoms with Crippen molar-refractivity contribution in [2.24, 2.45) is 0 Å². The Kier molecular flexibility index (Phi) is 4.65. The predicted molar refractivity (Wildman–Crippen MR) is 61.7 cm³/mol. The summed E-state index contributed by atoms with van der Waals surface area (Å²) in [6.45, 7) is 0. The molecule has 12 heavy (non-hydrogen) atoms. The normalized spacial score (nSPS) is 13.3. The van der Waals surface area contributed by atoms with Crippen molar-refractivity contribution in [2.45, 2.75) is 19.1 Å². The topological polar surface area (TPSA) is 0 Å². The van der Waals surface area contributed by atoms with E-state index in [1.807, 2.05) is 0 Å². The van der Waals surface area contributed by atoms with Gasteiger partial charge >= 0.3 is 90.7 Å². The van der Waals surface area contributed by atoms with Gasteiger partial charge < -0.3 is 0 Å². The third-order valence-electron chi connectivity index (χ3n) is 2.00. The predicted octanol–water partition coefficient (Wildman–Crippen LogP) is 3.02. The van der Waals surface area contributed by atoms with E-state index in [-0.39, 0.29) is 0 Å². The molecule has 1 atom stereocenters. The van der Waals surface area contributed by atoms with Crippen LogP contribution in [0.3, 0.4) is 0 Å². The van der Waals surface area contributed by atoms with Gasteiger partial charge in [-0.2, -0.15) is 0 Å². The van der Waals surface area contributed by atoms with Crippen LogP contribution in [0.15, 0.2) is 30.3 Å². The zero-order valence-electron chi connectivity index (χ0n) is 7.63. The number of rotatable bonds is 3. The second kappa shape index (κ2) is 5.28. The third kappa shape index (κ3) is 3.48. The summed E-state index contributed by atoms with van der Waals surface area (Å²) in [6.07, 6.45) is 1.22. The van der Waals surface area contributed by atoms with Crippen LogP contribution >= 0.6 is 15.9 Å². The quantitative estimate of drug-likeness (QED) is 0.589. The van der Waals surface area contributed by atoms with Gasteiger partial charge in [0.1, 0.15) is 0 Å². The van der Waals surface area contributed by atoms with E-state index in [4.69, 9.17) is 0 Å². The summed E-state index contributed by atoms with van der Waals surface area (Å²) in [6, 6.07) is 10.7. The van der Waals surface area contributed by atoms with Crippen molar-refractivity contribution in [3.63, 3.8) is 0 Å². The van der Waals surface area contributed by atoms with E-state index in [0.717, 1.165) is 2.84 Å². The van der Waals surface area contributed by atoms with Crippen LogP contribution in [0.25, 0.3) is 0 Å². The van der Waals surface area contributed by atoms with Crippen molar-refractivity contribution in [2.75, 3.05) is 0 Å². The molecule has 0 N–H and O–H groups in total. The number of hydrogen-bond donors (Lipinski definition) is 0. The number of alkyl halides is 1. The molecule has 0 saturated carbocycles. The SMILES string of the molecule is [CH3][SnH]([CH3])[CH](Br)Cc1ccccc1. The van der Waals surface area contributed by atoms with Gasteiger partial charge in [0.15, 0.2) is 0 Å². The van der Waals surface area contributed by atoms with Gasteiger partial charge in [0, 0.05) is 0 Å². The number of benzene rings is 1. The molecule has 0 aliphatic rings. The minimum absolute atomic E-state index is 0.807. The van der Waals surface area contributed by atoms with Crippen molar-refractivity contribution < 1.29 is 0 Å². The van der Waals surface area contributed by atoms with E-state index in [2.05, 4.69) is 56.1 Å². The molecule has 1 aromatic rings. The Labute approximate surface area is 90.2 Å². The van der Waals surface area contributed by atoms with Gasteiger partial charge in [-0.15, -0.1) is 0 Å². The summed E-state index contributed by atoms with van der Waals surface area (Å²) in [5, 5.41) is 0. The van der Waals surface area contributed by atoms with Gasteiger partial charge in [-0.3, -0.25) is 0 Å². The van der Waals surface area contributed by atoms with Crippen LogP contribution in [-0.2, 0) is 6.42 Å². The Morgan fingerprint density at radius 3 is 2.33 bits per heavy atom. The van der Waals surface area contributed by atoms with E-state index < -0.39 is 19.8 Å². The van der Waals surface area contributed by atoms with Crippen molar-refractivity contribution in [1.82, 2.24) is 0 Å². The first-order valence-corrected chi connectivity index (χ1v) is 13.8. The summed E-state index contributed by atoms with van der Waals surface area (Å²) >= 11 is 2.63. The first-order valence-electron chi connectivity index (χ1n) is 4.38. The van der Waals surface area contributed by atoms with Crippen molar-refractivity contribution >= 4 is 35.7 Å². The molecule has 0 aliphatic carbocycles. The molecule has 1 aromatic carbocycles. The van der Waals surface area contributed by atoms with Gasteiger partial charge in [0.2, 0.25) is 0 Å². The molecular formula is C10H15BrSn. The second-order valence-electron chi connectivity index (χ2n) is 3.45. The molecule has 0 bridgehead atoms. The van der Waals surface area contributed by atoms with Crippen molar-refractivity contribution in [3.8, 4) is 0 Å². The monoisotopic (exact) mass is 334 g/mol. The molecule has 0 spiro atoms. The fourth-order valence-electron chi connectivity index (χ4n) is 1.07. The second-order valence-corrected chi connectivity index (χ2v) is 16.8. The molecule has 0 heterocycles. The molecular weight excluding hydrogens is 319 g/mol. The maximum atomic E-state index is 3.77. The molecule has 0 saturated heterocycles. The van der Waals surface area contributed by atoms with Crippen LogP contribution < -0.4 is 0 Å². The molecule has 0 aromatic heterocycles. The molecule has 1 unspecified atom stereocenters.